The van der Waals surface area contributed by atoms with Crippen LogP contribution >= 0.6 is 0 Å². The fraction of sp³-hybridized carbons (Fsp3) is 0.731. The van der Waals surface area contributed by atoms with E-state index in [2.05, 4.69) is 10.0 Å². The van der Waals surface area contributed by atoms with Gasteiger partial charge in [0, 0.05) is 18.0 Å². The molecule has 3 aliphatic rings. The molecule has 0 radical (unpaired) electrons. The molecule has 2 aliphatic heterocycles. The molecule has 0 bridgehead atoms. The molecule has 0 amide bonds. The lowest BCUT2D eigenvalue weighted by molar-refractivity contribution is -0.155. The molecule has 8 nitrogen and oxygen atoms in total. The van der Waals surface area contributed by atoms with Crippen molar-refractivity contribution in [2.24, 2.45) is 22.9 Å². The lowest BCUT2D eigenvalue weighted by atomic mass is 9.75. The second-order valence-electron chi connectivity index (χ2n) is 11.8. The topological polar surface area (TPSA) is 96.8 Å². The van der Waals surface area contributed by atoms with Gasteiger partial charge in [-0.1, -0.05) is 41.9 Å². The Morgan fingerprint density at radius 2 is 1.84 bits per heavy atom. The third-order valence-electron chi connectivity index (χ3n) is 8.72. The van der Waals surface area contributed by atoms with Crippen molar-refractivity contribution in [3.8, 4) is 0 Å². The quantitative estimate of drug-likeness (QED) is 0.131. The van der Waals surface area contributed by atoms with Crippen LogP contribution in [0.4, 0.5) is 13.2 Å². The first-order valence-corrected chi connectivity index (χ1v) is 13.2. The maximum absolute atomic E-state index is 13.5. The molecule has 0 aromatic heterocycles. The molecule has 2 saturated heterocycles. The number of nitrogens with zero attached hydrogens (tertiary/aromatic N) is 4. The fourth-order valence-corrected chi connectivity index (χ4v) is 6.31. The van der Waals surface area contributed by atoms with Gasteiger partial charge in [0.1, 0.15) is 12.1 Å². The highest BCUT2D eigenvalue weighted by Gasteiger charge is 2.61. The summed E-state index contributed by atoms with van der Waals surface area (Å²) in [7, 11) is -0.429. The van der Waals surface area contributed by atoms with Gasteiger partial charge in [-0.3, -0.25) is 9.69 Å². The molecule has 1 aromatic carbocycles. The summed E-state index contributed by atoms with van der Waals surface area (Å²) in [5, 5.41) is 4.03. The van der Waals surface area contributed by atoms with Crippen molar-refractivity contribution in [1.29, 1.82) is 0 Å². The number of likely N-dealkylation sites (tertiary alicyclic amines) is 1. The van der Waals surface area contributed by atoms with Crippen molar-refractivity contribution in [2.45, 2.75) is 82.8 Å². The third kappa shape index (κ3) is 5.98. The first kappa shape index (κ1) is 28.7. The molecule has 1 aliphatic carbocycles. The van der Waals surface area contributed by atoms with Gasteiger partial charge in [0.2, 0.25) is 0 Å². The minimum absolute atomic E-state index is 0.0263. The lowest BCUT2D eigenvalue weighted by Crippen LogP contribution is -2.45. The van der Waals surface area contributed by atoms with E-state index < -0.39 is 48.5 Å². The van der Waals surface area contributed by atoms with Crippen molar-refractivity contribution in [3.05, 3.63) is 46.3 Å². The highest BCUT2D eigenvalue weighted by molar-refractivity contribution is 6.45. The Morgan fingerprint density at radius 3 is 2.45 bits per heavy atom. The Balaban J connectivity index is 1.51. The molecule has 4 atom stereocenters. The summed E-state index contributed by atoms with van der Waals surface area (Å²) in [6.07, 6.45) is -2.51. The van der Waals surface area contributed by atoms with Gasteiger partial charge >= 0.3 is 19.3 Å². The first-order valence-electron chi connectivity index (χ1n) is 13.2. The van der Waals surface area contributed by atoms with E-state index in [4.69, 9.17) is 14.0 Å². The number of halogens is 3. The number of alkyl halides is 3. The van der Waals surface area contributed by atoms with E-state index in [9.17, 15) is 23.5 Å². The van der Waals surface area contributed by atoms with Crippen LogP contribution in [0.15, 0.2) is 35.4 Å². The number of carbonyl (C=O) groups excluding carboxylic acids is 1. The van der Waals surface area contributed by atoms with Crippen molar-refractivity contribution < 1.29 is 32.0 Å². The van der Waals surface area contributed by atoms with Crippen LogP contribution in [0.25, 0.3) is 10.4 Å². The van der Waals surface area contributed by atoms with Crippen LogP contribution in [0.1, 0.15) is 52.5 Å². The number of hydrogen-bond acceptors (Lipinski definition) is 6. The average Bonchev–Trinajstić information content (AvgIpc) is 3.38. The second kappa shape index (κ2) is 10.7. The maximum Gasteiger partial charge on any atom is 0.457 e. The number of azide groups is 1. The van der Waals surface area contributed by atoms with Crippen LogP contribution in [0, 0.1) is 17.8 Å². The van der Waals surface area contributed by atoms with E-state index in [1.807, 2.05) is 58.0 Å². The molecule has 3 fully saturated rings. The largest absolute Gasteiger partial charge is 0.460 e. The van der Waals surface area contributed by atoms with Crippen LogP contribution in [-0.2, 0) is 25.4 Å². The van der Waals surface area contributed by atoms with Gasteiger partial charge in [0.05, 0.1) is 17.7 Å². The Labute approximate surface area is 221 Å². The number of rotatable bonds is 9. The summed E-state index contributed by atoms with van der Waals surface area (Å²) in [5.74, 6) is -1.48. The number of benzene rings is 1. The highest BCUT2D eigenvalue weighted by atomic mass is 19.4. The van der Waals surface area contributed by atoms with Crippen molar-refractivity contribution in [3.63, 3.8) is 0 Å². The number of fused-ring (bicyclic) bond motifs is 1. The van der Waals surface area contributed by atoms with Crippen molar-refractivity contribution in [1.82, 2.24) is 4.90 Å². The predicted molar refractivity (Wildman–Crippen MR) is 136 cm³/mol. The van der Waals surface area contributed by atoms with E-state index in [1.165, 1.54) is 4.90 Å². The predicted octanol–water partition coefficient (Wildman–Crippen LogP) is 5.78. The van der Waals surface area contributed by atoms with E-state index in [1.54, 1.807) is 0 Å². The maximum atomic E-state index is 13.5. The van der Waals surface area contributed by atoms with Gasteiger partial charge in [-0.2, -0.15) is 13.2 Å². The molecule has 0 N–H and O–H groups in total. The van der Waals surface area contributed by atoms with Crippen molar-refractivity contribution >= 4 is 13.1 Å². The fourth-order valence-electron chi connectivity index (χ4n) is 6.31. The van der Waals surface area contributed by atoms with E-state index in [0.29, 0.717) is 19.2 Å². The summed E-state index contributed by atoms with van der Waals surface area (Å²) in [5.41, 5.74) is 7.86. The average molecular weight is 536 g/mol. The van der Waals surface area contributed by atoms with E-state index in [-0.39, 0.29) is 38.0 Å². The van der Waals surface area contributed by atoms with Crippen LogP contribution in [0.3, 0.4) is 0 Å². The van der Waals surface area contributed by atoms with Gasteiger partial charge in [-0.25, -0.2) is 0 Å². The van der Waals surface area contributed by atoms with Crippen LogP contribution < -0.4 is 0 Å². The SMILES string of the molecule is CC1(C)OB(CCC[C@H]2[C@@H]3CN(CC(F)(F)F)C[C@@H]3C[C@@]2(N=[N+]=[N-])C(=O)OCc2ccccc2)OC1(C)C. The number of carbonyl (C=O) groups is 1. The smallest absolute Gasteiger partial charge is 0.457 e. The van der Waals surface area contributed by atoms with Crippen LogP contribution in [0.2, 0.25) is 6.32 Å². The third-order valence-corrected chi connectivity index (χ3v) is 8.72. The van der Waals surface area contributed by atoms with Gasteiger partial charge < -0.3 is 14.0 Å². The summed E-state index contributed by atoms with van der Waals surface area (Å²) in [6, 6.07) is 9.18. The van der Waals surface area contributed by atoms with Gasteiger partial charge in [-0.15, -0.1) is 0 Å². The normalized spacial score (nSPS) is 30.2. The lowest BCUT2D eigenvalue weighted by Gasteiger charge is -2.32. The van der Waals surface area contributed by atoms with Gasteiger partial charge in [-0.05, 0) is 75.7 Å². The molecule has 0 spiro atoms. The first-order chi connectivity index (χ1) is 17.8. The zero-order valence-electron chi connectivity index (χ0n) is 22.4. The number of ether oxygens (including phenoxy) is 1. The highest BCUT2D eigenvalue weighted by Crippen LogP contribution is 2.53. The molecule has 1 saturated carbocycles. The Morgan fingerprint density at radius 1 is 1.18 bits per heavy atom. The molecule has 0 unspecified atom stereocenters. The second-order valence-corrected chi connectivity index (χ2v) is 11.8. The van der Waals surface area contributed by atoms with Crippen molar-refractivity contribution in [2.75, 3.05) is 19.6 Å². The molecule has 2 heterocycles. The summed E-state index contributed by atoms with van der Waals surface area (Å²) in [6.45, 7) is 7.31. The zero-order chi connectivity index (χ0) is 27.8. The Bertz CT molecular complexity index is 1030. The zero-order valence-corrected chi connectivity index (χ0v) is 22.4. The molecular formula is C26H36BF3N4O4. The standard InChI is InChI=1S/C26H36BF3N4O4/c1-23(2)24(3,4)38-27(37-23)12-8-11-21-20-15-34(17-26(28,29)30)14-19(20)13-25(21,32-33-31)22(35)36-16-18-9-6-5-7-10-18/h5-7,9-10,19-21H,8,11-17H2,1-4H3/t19-,20+,21-,25-/m0/s1. The number of hydrogen-bond donors (Lipinski definition) is 0. The summed E-state index contributed by atoms with van der Waals surface area (Å²) >= 11 is 0. The Hall–Kier alpha value is -2.27. The van der Waals surface area contributed by atoms with Crippen LogP contribution in [0.5, 0.6) is 0 Å². The van der Waals surface area contributed by atoms with Gasteiger partial charge in [0.25, 0.3) is 0 Å². The van der Waals surface area contributed by atoms with E-state index in [0.717, 1.165) is 5.56 Å². The number of esters is 1. The molecular weight excluding hydrogens is 500 g/mol. The Kier molecular flexibility index (Phi) is 8.10. The molecule has 12 heteroatoms. The monoisotopic (exact) mass is 536 g/mol. The molecule has 1 aromatic rings. The minimum Gasteiger partial charge on any atom is -0.460 e. The summed E-state index contributed by atoms with van der Waals surface area (Å²) in [4.78, 5) is 18.0. The van der Waals surface area contributed by atoms with Gasteiger partial charge in [0.15, 0.2) is 0 Å². The molecule has 38 heavy (non-hydrogen) atoms. The summed E-state index contributed by atoms with van der Waals surface area (Å²) < 4.78 is 57.2. The van der Waals surface area contributed by atoms with Crippen LogP contribution in [-0.4, -0.2) is 60.5 Å². The minimum atomic E-state index is -4.30. The molecule has 208 valence electrons. The molecule has 4 rings (SSSR count). The van der Waals surface area contributed by atoms with E-state index >= 15 is 0 Å².